The van der Waals surface area contributed by atoms with E-state index in [2.05, 4.69) is 10.1 Å². The van der Waals surface area contributed by atoms with Crippen LogP contribution in [0.3, 0.4) is 0 Å². The minimum absolute atomic E-state index is 0.131. The van der Waals surface area contributed by atoms with Gasteiger partial charge in [0.15, 0.2) is 21.3 Å². The summed E-state index contributed by atoms with van der Waals surface area (Å²) in [6, 6.07) is 2.86. The number of fused-ring (bicyclic) bond motifs is 1. The van der Waals surface area contributed by atoms with Gasteiger partial charge < -0.3 is 5.11 Å². The molecular formula is C13H15N3O4S. The van der Waals surface area contributed by atoms with Crippen molar-refractivity contribution < 1.29 is 18.3 Å². The van der Waals surface area contributed by atoms with Crippen molar-refractivity contribution in [1.82, 2.24) is 14.6 Å². The monoisotopic (exact) mass is 309 g/mol. The lowest BCUT2D eigenvalue weighted by atomic mass is 10.1. The first-order valence-corrected chi connectivity index (χ1v) is 8.47. The van der Waals surface area contributed by atoms with Gasteiger partial charge in [-0.2, -0.15) is 5.10 Å². The first-order chi connectivity index (χ1) is 9.95. The predicted molar refractivity (Wildman–Crippen MR) is 75.1 cm³/mol. The highest BCUT2D eigenvalue weighted by atomic mass is 32.2. The number of carboxylic acids is 1. The zero-order chi connectivity index (χ0) is 15.0. The molecule has 1 aliphatic heterocycles. The van der Waals surface area contributed by atoms with Gasteiger partial charge in [-0.1, -0.05) is 6.42 Å². The van der Waals surface area contributed by atoms with Crippen LogP contribution in [0.5, 0.6) is 0 Å². The second-order valence-electron chi connectivity index (χ2n) is 5.24. The van der Waals surface area contributed by atoms with Crippen LogP contribution in [0, 0.1) is 0 Å². The molecule has 1 aliphatic rings. The van der Waals surface area contributed by atoms with E-state index in [1.165, 1.54) is 22.8 Å². The van der Waals surface area contributed by atoms with Crippen LogP contribution in [0.15, 0.2) is 18.3 Å². The van der Waals surface area contributed by atoms with Crippen molar-refractivity contribution in [1.29, 1.82) is 0 Å². The number of aromatic nitrogens is 3. The minimum atomic E-state index is -3.06. The molecule has 2 aromatic rings. The summed E-state index contributed by atoms with van der Waals surface area (Å²) in [7, 11) is -3.06. The SMILES string of the molecule is O=C(O)c1ccn2nc(CC3CCCCS3(=O)=O)nc2c1. The average molecular weight is 309 g/mol. The summed E-state index contributed by atoms with van der Waals surface area (Å²) in [6.07, 6.45) is 4.06. The fourth-order valence-corrected chi connectivity index (χ4v) is 4.47. The molecule has 1 fully saturated rings. The normalized spacial score (nSPS) is 21.4. The zero-order valence-corrected chi connectivity index (χ0v) is 12.1. The van der Waals surface area contributed by atoms with E-state index in [-0.39, 0.29) is 17.7 Å². The van der Waals surface area contributed by atoms with Crippen molar-refractivity contribution in [3.63, 3.8) is 0 Å². The Morgan fingerprint density at radius 1 is 1.43 bits per heavy atom. The highest BCUT2D eigenvalue weighted by Crippen LogP contribution is 2.22. The number of carboxylic acid groups (broad SMARTS) is 1. The molecule has 112 valence electrons. The van der Waals surface area contributed by atoms with Crippen LogP contribution < -0.4 is 0 Å². The van der Waals surface area contributed by atoms with Gasteiger partial charge in [0.25, 0.3) is 0 Å². The van der Waals surface area contributed by atoms with Gasteiger partial charge in [0.1, 0.15) is 0 Å². The molecule has 8 heteroatoms. The molecule has 3 rings (SSSR count). The van der Waals surface area contributed by atoms with Gasteiger partial charge in [0, 0.05) is 12.6 Å². The molecule has 1 saturated heterocycles. The highest BCUT2D eigenvalue weighted by Gasteiger charge is 2.30. The van der Waals surface area contributed by atoms with Gasteiger partial charge in [-0.3, -0.25) is 0 Å². The maximum atomic E-state index is 12.0. The molecule has 1 atom stereocenters. The maximum absolute atomic E-state index is 12.0. The Kier molecular flexibility index (Phi) is 3.40. The zero-order valence-electron chi connectivity index (χ0n) is 11.3. The van der Waals surface area contributed by atoms with E-state index in [9.17, 15) is 13.2 Å². The number of sulfone groups is 1. The number of hydrogen-bond donors (Lipinski definition) is 1. The Morgan fingerprint density at radius 3 is 2.95 bits per heavy atom. The lowest BCUT2D eigenvalue weighted by molar-refractivity contribution is 0.0697. The molecule has 0 saturated carbocycles. The fraction of sp³-hybridized carbons (Fsp3) is 0.462. The number of nitrogens with zero attached hydrogens (tertiary/aromatic N) is 3. The van der Waals surface area contributed by atoms with Crippen molar-refractivity contribution >= 4 is 21.5 Å². The molecule has 1 N–H and O–H groups in total. The number of rotatable bonds is 3. The Balaban J connectivity index is 1.89. The summed E-state index contributed by atoms with van der Waals surface area (Å²) in [5.41, 5.74) is 0.546. The Hall–Kier alpha value is -1.96. The van der Waals surface area contributed by atoms with Crippen molar-refractivity contribution in [3.05, 3.63) is 29.7 Å². The molecule has 2 aromatic heterocycles. The second kappa shape index (κ2) is 5.10. The summed E-state index contributed by atoms with van der Waals surface area (Å²) < 4.78 is 25.5. The standard InChI is InChI=1S/C13H15N3O4S/c17-13(18)9-4-5-16-12(7-9)14-11(15-16)8-10-3-1-2-6-21(10,19)20/h4-5,7,10H,1-3,6,8H2,(H,17,18). The number of aromatic carboxylic acids is 1. The lowest BCUT2D eigenvalue weighted by Gasteiger charge is -2.20. The van der Waals surface area contributed by atoms with E-state index in [1.54, 1.807) is 0 Å². The second-order valence-corrected chi connectivity index (χ2v) is 7.64. The van der Waals surface area contributed by atoms with Gasteiger partial charge in [0.2, 0.25) is 0 Å². The Morgan fingerprint density at radius 2 is 2.24 bits per heavy atom. The van der Waals surface area contributed by atoms with Gasteiger partial charge in [-0.15, -0.1) is 0 Å². The number of carbonyl (C=O) groups is 1. The van der Waals surface area contributed by atoms with E-state index < -0.39 is 21.1 Å². The van der Waals surface area contributed by atoms with E-state index >= 15 is 0 Å². The summed E-state index contributed by atoms with van der Waals surface area (Å²) >= 11 is 0. The molecule has 0 amide bonds. The van der Waals surface area contributed by atoms with Crippen LogP contribution in [-0.4, -0.2) is 45.1 Å². The third kappa shape index (κ3) is 2.76. The molecule has 0 radical (unpaired) electrons. The third-order valence-electron chi connectivity index (χ3n) is 3.75. The molecular weight excluding hydrogens is 294 g/mol. The predicted octanol–water partition coefficient (Wildman–Crippen LogP) is 0.937. The molecule has 0 spiro atoms. The van der Waals surface area contributed by atoms with Gasteiger partial charge >= 0.3 is 5.97 Å². The largest absolute Gasteiger partial charge is 0.478 e. The van der Waals surface area contributed by atoms with Crippen LogP contribution in [0.25, 0.3) is 5.65 Å². The Labute approximate surface area is 121 Å². The van der Waals surface area contributed by atoms with E-state index in [0.717, 1.165) is 12.8 Å². The first kappa shape index (κ1) is 14.0. The summed E-state index contributed by atoms with van der Waals surface area (Å²) in [5.74, 6) is -0.362. The van der Waals surface area contributed by atoms with Gasteiger partial charge in [0.05, 0.1) is 16.6 Å². The molecule has 0 bridgehead atoms. The van der Waals surface area contributed by atoms with E-state index in [1.807, 2.05) is 0 Å². The van der Waals surface area contributed by atoms with Gasteiger partial charge in [-0.25, -0.2) is 22.7 Å². The smallest absolute Gasteiger partial charge is 0.335 e. The third-order valence-corrected chi connectivity index (χ3v) is 6.03. The van der Waals surface area contributed by atoms with Crippen molar-refractivity contribution in [2.45, 2.75) is 30.9 Å². The molecule has 7 nitrogen and oxygen atoms in total. The van der Waals surface area contributed by atoms with E-state index in [4.69, 9.17) is 5.11 Å². The number of hydrogen-bond acceptors (Lipinski definition) is 5. The molecule has 21 heavy (non-hydrogen) atoms. The van der Waals surface area contributed by atoms with E-state index in [0.29, 0.717) is 17.9 Å². The van der Waals surface area contributed by atoms with Crippen molar-refractivity contribution in [3.8, 4) is 0 Å². The number of pyridine rings is 1. The fourth-order valence-electron chi connectivity index (χ4n) is 2.60. The molecule has 1 unspecified atom stereocenters. The van der Waals surface area contributed by atoms with Crippen LogP contribution in [0.4, 0.5) is 0 Å². The van der Waals surface area contributed by atoms with Gasteiger partial charge in [-0.05, 0) is 25.0 Å². The minimum Gasteiger partial charge on any atom is -0.478 e. The quantitative estimate of drug-likeness (QED) is 0.905. The topological polar surface area (TPSA) is 102 Å². The first-order valence-electron chi connectivity index (χ1n) is 6.76. The van der Waals surface area contributed by atoms with Crippen LogP contribution >= 0.6 is 0 Å². The maximum Gasteiger partial charge on any atom is 0.335 e. The molecule has 0 aromatic carbocycles. The summed E-state index contributed by atoms with van der Waals surface area (Å²) in [4.78, 5) is 15.2. The van der Waals surface area contributed by atoms with Crippen LogP contribution in [-0.2, 0) is 16.3 Å². The summed E-state index contributed by atoms with van der Waals surface area (Å²) in [5, 5.41) is 12.7. The van der Waals surface area contributed by atoms with Crippen molar-refractivity contribution in [2.75, 3.05) is 5.75 Å². The summed E-state index contributed by atoms with van der Waals surface area (Å²) in [6.45, 7) is 0. The highest BCUT2D eigenvalue weighted by molar-refractivity contribution is 7.92. The Bertz CT molecular complexity index is 797. The molecule has 0 aliphatic carbocycles. The van der Waals surface area contributed by atoms with Crippen LogP contribution in [0.2, 0.25) is 0 Å². The lowest BCUT2D eigenvalue weighted by Crippen LogP contribution is -2.30. The average Bonchev–Trinajstić information content (AvgIpc) is 2.82. The van der Waals surface area contributed by atoms with Crippen molar-refractivity contribution in [2.24, 2.45) is 0 Å². The molecule has 3 heterocycles. The van der Waals surface area contributed by atoms with Crippen LogP contribution in [0.1, 0.15) is 35.4 Å².